The highest BCUT2D eigenvalue weighted by molar-refractivity contribution is 4.64. The summed E-state index contributed by atoms with van der Waals surface area (Å²) in [6, 6.07) is 0. The van der Waals surface area contributed by atoms with Gasteiger partial charge in [0.2, 0.25) is 0 Å². The van der Waals surface area contributed by atoms with Gasteiger partial charge in [-0.25, -0.2) is 0 Å². The van der Waals surface area contributed by atoms with E-state index in [1.54, 1.807) is 0 Å². The third-order valence-corrected chi connectivity index (χ3v) is 1.53. The molecule has 0 spiro atoms. The Morgan fingerprint density at radius 2 is 2.00 bits per heavy atom. The lowest BCUT2D eigenvalue weighted by Gasteiger charge is -2.25. The van der Waals surface area contributed by atoms with Gasteiger partial charge in [-0.05, 0) is 6.54 Å². The van der Waals surface area contributed by atoms with Gasteiger partial charge in [-0.15, -0.1) is 0 Å². The summed E-state index contributed by atoms with van der Waals surface area (Å²) < 4.78 is 0. The van der Waals surface area contributed by atoms with Gasteiger partial charge in [0.25, 0.3) is 0 Å². The van der Waals surface area contributed by atoms with Crippen molar-refractivity contribution >= 4 is 0 Å². The number of nitrogens with two attached hydrogens (primary N) is 3. The van der Waals surface area contributed by atoms with Crippen molar-refractivity contribution in [3.8, 4) is 0 Å². The Hall–Kier alpha value is -0.160. The van der Waals surface area contributed by atoms with E-state index in [1.807, 2.05) is 6.92 Å². The molecule has 6 N–H and O–H groups in total. The second kappa shape index (κ2) is 5.61. The normalized spacial score (nSPS) is 14.1. The molecular weight excluding hydrogens is 128 g/mol. The number of likely N-dealkylation sites (N-methyl/N-ethyl adjacent to an activating group) is 1. The van der Waals surface area contributed by atoms with Gasteiger partial charge in [0.15, 0.2) is 0 Å². The van der Waals surface area contributed by atoms with E-state index in [-0.39, 0.29) is 6.17 Å². The molecule has 4 nitrogen and oxygen atoms in total. The zero-order chi connectivity index (χ0) is 7.98. The number of hydrogen-bond acceptors (Lipinski definition) is 4. The quantitative estimate of drug-likeness (QED) is 0.413. The largest absolute Gasteiger partial charge is 0.329 e. The van der Waals surface area contributed by atoms with E-state index in [0.29, 0.717) is 13.1 Å². The molecule has 10 heavy (non-hydrogen) atoms. The summed E-state index contributed by atoms with van der Waals surface area (Å²) in [6.07, 6.45) is -0.0338. The Morgan fingerprint density at radius 3 is 2.30 bits per heavy atom. The smallest absolute Gasteiger partial charge is 0.0698 e. The summed E-state index contributed by atoms with van der Waals surface area (Å²) >= 11 is 0. The molecule has 0 aliphatic rings. The Bertz CT molecular complexity index is 76.1. The first-order valence-electron chi connectivity index (χ1n) is 3.66. The molecule has 0 amide bonds. The van der Waals surface area contributed by atoms with E-state index < -0.39 is 0 Å². The van der Waals surface area contributed by atoms with Crippen LogP contribution < -0.4 is 17.2 Å². The molecule has 0 radical (unpaired) electrons. The lowest BCUT2D eigenvalue weighted by Crippen LogP contribution is -2.48. The minimum atomic E-state index is -0.0338. The Kier molecular flexibility index (Phi) is 5.52. The molecule has 0 saturated heterocycles. The third kappa shape index (κ3) is 3.12. The lowest BCUT2D eigenvalue weighted by molar-refractivity contribution is 0.221. The van der Waals surface area contributed by atoms with E-state index in [4.69, 9.17) is 17.2 Å². The van der Waals surface area contributed by atoms with Crippen molar-refractivity contribution in [3.05, 3.63) is 0 Å². The van der Waals surface area contributed by atoms with Crippen LogP contribution in [0, 0.1) is 0 Å². The molecular formula is C6H18N4. The van der Waals surface area contributed by atoms with E-state index in [0.717, 1.165) is 13.1 Å². The number of nitrogens with zero attached hydrogens (tertiary/aromatic N) is 1. The van der Waals surface area contributed by atoms with Gasteiger partial charge in [-0.3, -0.25) is 4.90 Å². The number of rotatable bonds is 5. The van der Waals surface area contributed by atoms with Crippen LogP contribution in [0.5, 0.6) is 0 Å². The monoisotopic (exact) mass is 146 g/mol. The molecule has 4 heteroatoms. The molecule has 0 aromatic rings. The van der Waals surface area contributed by atoms with Crippen molar-refractivity contribution < 1.29 is 0 Å². The summed E-state index contributed by atoms with van der Waals surface area (Å²) in [7, 11) is 0. The van der Waals surface area contributed by atoms with Crippen molar-refractivity contribution in [1.29, 1.82) is 0 Å². The minimum absolute atomic E-state index is 0.0338. The van der Waals surface area contributed by atoms with Crippen LogP contribution in [0.4, 0.5) is 0 Å². The second-order valence-corrected chi connectivity index (χ2v) is 2.22. The van der Waals surface area contributed by atoms with Crippen molar-refractivity contribution in [2.24, 2.45) is 17.2 Å². The lowest BCUT2D eigenvalue weighted by atomic mass is 10.4. The first kappa shape index (κ1) is 9.84. The zero-order valence-electron chi connectivity index (χ0n) is 6.59. The van der Waals surface area contributed by atoms with Crippen LogP contribution in [0.3, 0.4) is 0 Å². The average Bonchev–Trinajstić information content (AvgIpc) is 1.99. The highest BCUT2D eigenvalue weighted by atomic mass is 15.2. The van der Waals surface area contributed by atoms with Crippen LogP contribution in [-0.2, 0) is 0 Å². The van der Waals surface area contributed by atoms with E-state index in [2.05, 4.69) is 4.90 Å². The molecule has 0 aromatic heterocycles. The first-order chi connectivity index (χ1) is 4.76. The van der Waals surface area contributed by atoms with Gasteiger partial charge in [-0.1, -0.05) is 6.92 Å². The van der Waals surface area contributed by atoms with Crippen LogP contribution in [0.2, 0.25) is 0 Å². The number of hydrogen-bond donors (Lipinski definition) is 3. The highest BCUT2D eigenvalue weighted by Gasteiger charge is 2.07. The predicted octanol–water partition coefficient (Wildman–Crippen LogP) is -1.49. The Morgan fingerprint density at radius 1 is 1.40 bits per heavy atom. The topological polar surface area (TPSA) is 81.3 Å². The molecule has 0 rings (SSSR count). The van der Waals surface area contributed by atoms with Gasteiger partial charge >= 0.3 is 0 Å². The van der Waals surface area contributed by atoms with Crippen molar-refractivity contribution in [1.82, 2.24) is 4.90 Å². The fourth-order valence-corrected chi connectivity index (χ4v) is 0.873. The van der Waals surface area contributed by atoms with Crippen molar-refractivity contribution in [3.63, 3.8) is 0 Å². The fourth-order valence-electron chi connectivity index (χ4n) is 0.873. The van der Waals surface area contributed by atoms with Gasteiger partial charge in [0.1, 0.15) is 0 Å². The van der Waals surface area contributed by atoms with Crippen molar-refractivity contribution in [2.75, 3.05) is 26.2 Å². The molecule has 0 saturated carbocycles. The van der Waals surface area contributed by atoms with E-state index >= 15 is 0 Å². The van der Waals surface area contributed by atoms with E-state index in [9.17, 15) is 0 Å². The molecule has 1 atom stereocenters. The molecule has 0 aliphatic carbocycles. The van der Waals surface area contributed by atoms with Crippen LogP contribution in [0.1, 0.15) is 6.92 Å². The molecule has 0 aromatic carbocycles. The molecule has 0 bridgehead atoms. The zero-order valence-corrected chi connectivity index (χ0v) is 6.59. The van der Waals surface area contributed by atoms with Crippen LogP contribution >= 0.6 is 0 Å². The van der Waals surface area contributed by atoms with Gasteiger partial charge < -0.3 is 17.2 Å². The molecule has 62 valence electrons. The fraction of sp³-hybridized carbons (Fsp3) is 1.00. The minimum Gasteiger partial charge on any atom is -0.329 e. The van der Waals surface area contributed by atoms with E-state index in [1.165, 1.54) is 0 Å². The maximum atomic E-state index is 5.66. The maximum Gasteiger partial charge on any atom is 0.0698 e. The molecule has 1 unspecified atom stereocenters. The predicted molar refractivity (Wildman–Crippen MR) is 43.3 cm³/mol. The van der Waals surface area contributed by atoms with Crippen LogP contribution in [0.15, 0.2) is 0 Å². The maximum absolute atomic E-state index is 5.66. The van der Waals surface area contributed by atoms with Gasteiger partial charge in [0, 0.05) is 19.6 Å². The Labute approximate surface area is 62.3 Å². The standard InChI is InChI=1S/C6H18N4/c1-2-10(4-3-7)6(9)5-8/h6H,2-5,7-9H2,1H3. The molecule has 0 aliphatic heterocycles. The molecule has 0 heterocycles. The van der Waals surface area contributed by atoms with Gasteiger partial charge in [-0.2, -0.15) is 0 Å². The highest BCUT2D eigenvalue weighted by Crippen LogP contribution is 1.88. The van der Waals surface area contributed by atoms with Crippen LogP contribution in [0.25, 0.3) is 0 Å². The van der Waals surface area contributed by atoms with Crippen molar-refractivity contribution in [2.45, 2.75) is 13.1 Å². The third-order valence-electron chi connectivity index (χ3n) is 1.53. The van der Waals surface area contributed by atoms with Gasteiger partial charge in [0.05, 0.1) is 6.17 Å². The summed E-state index contributed by atoms with van der Waals surface area (Å²) in [6.45, 7) is 4.92. The summed E-state index contributed by atoms with van der Waals surface area (Å²) in [5.74, 6) is 0. The average molecular weight is 146 g/mol. The summed E-state index contributed by atoms with van der Waals surface area (Å²) in [5, 5.41) is 0. The van der Waals surface area contributed by atoms with Crippen LogP contribution in [-0.4, -0.2) is 37.2 Å². The molecule has 0 fully saturated rings. The summed E-state index contributed by atoms with van der Waals surface area (Å²) in [5.41, 5.74) is 16.4. The second-order valence-electron chi connectivity index (χ2n) is 2.22. The Balaban J connectivity index is 3.56. The SMILES string of the molecule is CCN(CCN)C(N)CN. The summed E-state index contributed by atoms with van der Waals surface area (Å²) in [4.78, 5) is 2.06. The first-order valence-corrected chi connectivity index (χ1v) is 3.66.